The first-order valence-electron chi connectivity index (χ1n) is 12.1. The summed E-state index contributed by atoms with van der Waals surface area (Å²) in [5.74, 6) is 0. The molecule has 1 aliphatic heterocycles. The van der Waals surface area contributed by atoms with Crippen molar-refractivity contribution in [2.75, 3.05) is 19.8 Å². The van der Waals surface area contributed by atoms with E-state index in [2.05, 4.69) is 19.1 Å². The molecule has 5 heteroatoms. The zero-order chi connectivity index (χ0) is 21.2. The van der Waals surface area contributed by atoms with Gasteiger partial charge in [-0.1, -0.05) is 76.9 Å². The van der Waals surface area contributed by atoms with Crippen LogP contribution in [0.1, 0.15) is 96.8 Å². The molecule has 0 aromatic carbocycles. The van der Waals surface area contributed by atoms with Gasteiger partial charge in [-0.25, -0.2) is 0 Å². The molecule has 1 rings (SSSR count). The molecule has 0 radical (unpaired) electrons. The Labute approximate surface area is 178 Å². The molecule has 0 amide bonds. The van der Waals surface area contributed by atoms with Crippen LogP contribution in [0, 0.1) is 0 Å². The minimum Gasteiger partial charge on any atom is -0.394 e. The Morgan fingerprint density at radius 3 is 1.93 bits per heavy atom. The monoisotopic (exact) mass is 414 g/mol. The van der Waals surface area contributed by atoms with Crippen LogP contribution in [-0.4, -0.2) is 59.6 Å². The Bertz CT molecular complexity index is 387. The molecule has 0 unspecified atom stereocenters. The summed E-state index contributed by atoms with van der Waals surface area (Å²) in [6, 6.07) is 0. The van der Waals surface area contributed by atoms with Crippen molar-refractivity contribution < 1.29 is 24.8 Å². The second-order valence-corrected chi connectivity index (χ2v) is 8.38. The number of ether oxygens (including phenoxy) is 2. The quantitative estimate of drug-likeness (QED) is 0.227. The van der Waals surface area contributed by atoms with Crippen molar-refractivity contribution in [3.8, 4) is 0 Å². The van der Waals surface area contributed by atoms with E-state index in [4.69, 9.17) is 14.6 Å². The third-order valence-corrected chi connectivity index (χ3v) is 5.75. The predicted octanol–water partition coefficient (Wildman–Crippen LogP) is 4.52. The van der Waals surface area contributed by atoms with Crippen molar-refractivity contribution >= 4 is 0 Å². The van der Waals surface area contributed by atoms with E-state index in [1.165, 1.54) is 70.6 Å². The van der Waals surface area contributed by atoms with E-state index in [0.29, 0.717) is 6.61 Å². The number of hydrogen-bond donors (Lipinski definition) is 3. The molecule has 3 N–H and O–H groups in total. The first-order chi connectivity index (χ1) is 14.2. The highest BCUT2D eigenvalue weighted by Gasteiger charge is 2.38. The molecule has 172 valence electrons. The Balaban J connectivity index is 1.85. The van der Waals surface area contributed by atoms with Crippen LogP contribution in [0.15, 0.2) is 12.2 Å². The average Bonchev–Trinajstić information content (AvgIpc) is 2.73. The fraction of sp³-hybridized carbons (Fsp3) is 0.917. The van der Waals surface area contributed by atoms with Crippen molar-refractivity contribution in [2.45, 2.75) is 121 Å². The Morgan fingerprint density at radius 1 is 0.793 bits per heavy atom. The van der Waals surface area contributed by atoms with Gasteiger partial charge in [0.2, 0.25) is 0 Å². The van der Waals surface area contributed by atoms with Crippen molar-refractivity contribution in [3.63, 3.8) is 0 Å². The van der Waals surface area contributed by atoms with E-state index in [1.807, 2.05) is 0 Å². The number of aliphatic hydroxyl groups excluding tert-OH is 3. The molecular weight excluding hydrogens is 368 g/mol. The van der Waals surface area contributed by atoms with Crippen LogP contribution in [0.4, 0.5) is 0 Å². The summed E-state index contributed by atoms with van der Waals surface area (Å²) >= 11 is 0. The topological polar surface area (TPSA) is 79.2 Å². The van der Waals surface area contributed by atoms with E-state index in [1.54, 1.807) is 0 Å². The molecule has 0 aromatic rings. The van der Waals surface area contributed by atoms with Gasteiger partial charge in [0.25, 0.3) is 0 Å². The average molecular weight is 415 g/mol. The van der Waals surface area contributed by atoms with Crippen LogP contribution < -0.4 is 0 Å². The van der Waals surface area contributed by atoms with Gasteiger partial charge in [-0.2, -0.15) is 0 Å². The zero-order valence-corrected chi connectivity index (χ0v) is 18.6. The van der Waals surface area contributed by atoms with Gasteiger partial charge >= 0.3 is 0 Å². The minimum absolute atomic E-state index is 0.215. The molecule has 0 bridgehead atoms. The number of unbranched alkanes of at least 4 members (excludes halogenated alkanes) is 12. The molecule has 1 aliphatic rings. The highest BCUT2D eigenvalue weighted by molar-refractivity contribution is 4.87. The normalized spacial score (nSPS) is 25.1. The maximum atomic E-state index is 10.0. The van der Waals surface area contributed by atoms with Gasteiger partial charge in [-0.15, -0.1) is 0 Å². The largest absolute Gasteiger partial charge is 0.394 e. The van der Waals surface area contributed by atoms with E-state index >= 15 is 0 Å². The smallest absolute Gasteiger partial charge is 0.111 e. The second-order valence-electron chi connectivity index (χ2n) is 8.38. The third-order valence-electron chi connectivity index (χ3n) is 5.75. The highest BCUT2D eigenvalue weighted by atomic mass is 16.6. The lowest BCUT2D eigenvalue weighted by atomic mass is 10.0. The predicted molar refractivity (Wildman–Crippen MR) is 118 cm³/mol. The van der Waals surface area contributed by atoms with Crippen molar-refractivity contribution in [3.05, 3.63) is 12.2 Å². The van der Waals surface area contributed by atoms with Gasteiger partial charge in [0.15, 0.2) is 0 Å². The van der Waals surface area contributed by atoms with Gasteiger partial charge in [-0.3, -0.25) is 0 Å². The molecule has 1 fully saturated rings. The zero-order valence-electron chi connectivity index (χ0n) is 18.6. The summed E-state index contributed by atoms with van der Waals surface area (Å²) in [6.45, 7) is 2.75. The lowest BCUT2D eigenvalue weighted by Crippen LogP contribution is -2.55. The standard InChI is InChI=1S/C24H46O5/c1-2-3-4-5-6-7-8-9-10-11-12-13-14-15-16-17-18-28-22-20-29-21(19-25)23(26)24(22)27/h11-12,21-27H,2-10,13-20H2,1H3/b12-11+/t21-,22+,23-,24-/m0/s1. The molecular formula is C24H46O5. The van der Waals surface area contributed by atoms with E-state index in [-0.39, 0.29) is 13.2 Å². The number of hydrogen-bond acceptors (Lipinski definition) is 5. The molecule has 1 saturated heterocycles. The summed E-state index contributed by atoms with van der Waals surface area (Å²) in [4.78, 5) is 0. The Kier molecular flexibility index (Phi) is 16.8. The van der Waals surface area contributed by atoms with Gasteiger partial charge in [0.1, 0.15) is 24.4 Å². The van der Waals surface area contributed by atoms with Crippen LogP contribution >= 0.6 is 0 Å². The van der Waals surface area contributed by atoms with Gasteiger partial charge < -0.3 is 24.8 Å². The number of aliphatic hydroxyl groups is 3. The molecule has 0 saturated carbocycles. The third kappa shape index (κ3) is 12.7. The van der Waals surface area contributed by atoms with Crippen LogP contribution in [0.3, 0.4) is 0 Å². The van der Waals surface area contributed by atoms with Crippen LogP contribution in [0.2, 0.25) is 0 Å². The molecule has 0 spiro atoms. The van der Waals surface area contributed by atoms with E-state index in [9.17, 15) is 10.2 Å². The lowest BCUT2D eigenvalue weighted by Gasteiger charge is -2.36. The first-order valence-corrected chi connectivity index (χ1v) is 12.1. The van der Waals surface area contributed by atoms with Crippen LogP contribution in [0.5, 0.6) is 0 Å². The van der Waals surface area contributed by atoms with E-state index < -0.39 is 24.4 Å². The van der Waals surface area contributed by atoms with Crippen molar-refractivity contribution in [1.82, 2.24) is 0 Å². The van der Waals surface area contributed by atoms with E-state index in [0.717, 1.165) is 19.3 Å². The van der Waals surface area contributed by atoms with Crippen LogP contribution in [-0.2, 0) is 9.47 Å². The number of rotatable bonds is 18. The maximum absolute atomic E-state index is 10.0. The minimum atomic E-state index is -1.09. The first kappa shape index (κ1) is 26.6. The van der Waals surface area contributed by atoms with Gasteiger partial charge in [0, 0.05) is 6.61 Å². The molecule has 0 aromatic heterocycles. The summed E-state index contributed by atoms with van der Waals surface area (Å²) in [5.41, 5.74) is 0. The fourth-order valence-corrected chi connectivity index (χ4v) is 3.75. The van der Waals surface area contributed by atoms with Crippen molar-refractivity contribution in [2.24, 2.45) is 0 Å². The van der Waals surface area contributed by atoms with Gasteiger partial charge in [-0.05, 0) is 32.1 Å². The second kappa shape index (κ2) is 18.3. The van der Waals surface area contributed by atoms with Crippen molar-refractivity contribution in [1.29, 1.82) is 0 Å². The summed E-state index contributed by atoms with van der Waals surface area (Å²) in [7, 11) is 0. The Morgan fingerprint density at radius 2 is 1.34 bits per heavy atom. The molecule has 29 heavy (non-hydrogen) atoms. The molecule has 0 aliphatic carbocycles. The molecule has 1 heterocycles. The number of allylic oxidation sites excluding steroid dienone is 2. The highest BCUT2D eigenvalue weighted by Crippen LogP contribution is 2.18. The Hall–Kier alpha value is -0.460. The molecule has 5 nitrogen and oxygen atoms in total. The molecule has 4 atom stereocenters. The SMILES string of the molecule is CCCCCCCCCC/C=C/CCCCCCO[C@@H]1CO[C@@H](CO)[C@H](O)[C@H]1O. The van der Waals surface area contributed by atoms with Crippen LogP contribution in [0.25, 0.3) is 0 Å². The fourth-order valence-electron chi connectivity index (χ4n) is 3.75. The van der Waals surface area contributed by atoms with Gasteiger partial charge in [0.05, 0.1) is 13.2 Å². The summed E-state index contributed by atoms with van der Waals surface area (Å²) < 4.78 is 11.0. The summed E-state index contributed by atoms with van der Waals surface area (Å²) in [5, 5.41) is 28.9. The lowest BCUT2D eigenvalue weighted by molar-refractivity contribution is -0.208. The maximum Gasteiger partial charge on any atom is 0.111 e. The summed E-state index contributed by atoms with van der Waals surface area (Å²) in [6.07, 6.45) is 19.2.